The highest BCUT2D eigenvalue weighted by molar-refractivity contribution is 5.90. The second-order valence-electron chi connectivity index (χ2n) is 6.32. The summed E-state index contributed by atoms with van der Waals surface area (Å²) in [7, 11) is 2.03. The van der Waals surface area contributed by atoms with Gasteiger partial charge >= 0.3 is 5.97 Å². The molecule has 0 radical (unpaired) electrons. The molecule has 100 valence electrons. The van der Waals surface area contributed by atoms with Crippen LogP contribution in [-0.2, 0) is 9.53 Å². The van der Waals surface area contributed by atoms with E-state index in [1.165, 1.54) is 0 Å². The standard InChI is InChI=1S/C15H23NO2/c1-15(2,3)18-14(17)13-10-16(4)9-11-7-5-6-8-12(11)13/h6,8,10-12H,5,7,9H2,1-4H3/t11-,12-/m1/s1. The number of allylic oxidation sites excluding steroid dienone is 2. The van der Waals surface area contributed by atoms with Crippen molar-refractivity contribution < 1.29 is 9.53 Å². The molecule has 1 aliphatic heterocycles. The molecular formula is C15H23NO2. The van der Waals surface area contributed by atoms with Gasteiger partial charge in [0.1, 0.15) is 5.60 Å². The zero-order chi connectivity index (χ0) is 13.3. The molecule has 0 saturated carbocycles. The Hall–Kier alpha value is -1.25. The highest BCUT2D eigenvalue weighted by atomic mass is 16.6. The number of ether oxygens (including phenoxy) is 1. The molecule has 3 nitrogen and oxygen atoms in total. The van der Waals surface area contributed by atoms with Crippen LogP contribution in [0.5, 0.6) is 0 Å². The molecule has 0 aromatic carbocycles. The first-order chi connectivity index (χ1) is 8.37. The van der Waals surface area contributed by atoms with E-state index >= 15 is 0 Å². The van der Waals surface area contributed by atoms with Crippen molar-refractivity contribution in [3.05, 3.63) is 23.9 Å². The Morgan fingerprint density at radius 1 is 1.44 bits per heavy atom. The lowest BCUT2D eigenvalue weighted by atomic mass is 9.77. The van der Waals surface area contributed by atoms with E-state index < -0.39 is 5.60 Å². The van der Waals surface area contributed by atoms with E-state index in [9.17, 15) is 4.79 Å². The van der Waals surface area contributed by atoms with Crippen LogP contribution in [0.25, 0.3) is 0 Å². The fraction of sp³-hybridized carbons (Fsp3) is 0.667. The first kappa shape index (κ1) is 13.2. The average molecular weight is 249 g/mol. The fourth-order valence-electron chi connectivity index (χ4n) is 2.72. The number of carbonyl (C=O) groups excluding carboxylic acids is 1. The second-order valence-corrected chi connectivity index (χ2v) is 6.32. The molecule has 0 amide bonds. The molecule has 18 heavy (non-hydrogen) atoms. The van der Waals surface area contributed by atoms with Gasteiger partial charge in [-0.3, -0.25) is 0 Å². The van der Waals surface area contributed by atoms with Crippen LogP contribution in [-0.4, -0.2) is 30.1 Å². The molecule has 2 atom stereocenters. The van der Waals surface area contributed by atoms with Gasteiger partial charge in [-0.2, -0.15) is 0 Å². The first-order valence-corrected chi connectivity index (χ1v) is 6.69. The largest absolute Gasteiger partial charge is 0.457 e. The summed E-state index contributed by atoms with van der Waals surface area (Å²) in [6.45, 7) is 6.76. The van der Waals surface area contributed by atoms with Gasteiger partial charge in [-0.05, 0) is 39.5 Å². The second kappa shape index (κ2) is 4.79. The van der Waals surface area contributed by atoms with Crippen LogP contribution in [0.4, 0.5) is 0 Å². The molecule has 3 heteroatoms. The van der Waals surface area contributed by atoms with Gasteiger partial charge in [-0.15, -0.1) is 0 Å². The minimum absolute atomic E-state index is 0.171. The van der Waals surface area contributed by atoms with E-state index in [1.54, 1.807) is 0 Å². The van der Waals surface area contributed by atoms with Crippen LogP contribution in [0, 0.1) is 11.8 Å². The third kappa shape index (κ3) is 2.95. The number of carbonyl (C=O) groups is 1. The summed E-state index contributed by atoms with van der Waals surface area (Å²) in [6.07, 6.45) is 8.59. The molecule has 0 fully saturated rings. The van der Waals surface area contributed by atoms with Crippen molar-refractivity contribution in [2.45, 2.75) is 39.2 Å². The van der Waals surface area contributed by atoms with E-state index in [-0.39, 0.29) is 11.9 Å². The summed E-state index contributed by atoms with van der Waals surface area (Å²) in [6, 6.07) is 0. The number of esters is 1. The first-order valence-electron chi connectivity index (χ1n) is 6.69. The Bertz CT molecular complexity index is 390. The fourth-order valence-corrected chi connectivity index (χ4v) is 2.72. The maximum atomic E-state index is 12.3. The number of hydrogen-bond donors (Lipinski definition) is 0. The maximum absolute atomic E-state index is 12.3. The zero-order valence-electron chi connectivity index (χ0n) is 11.8. The normalized spacial score (nSPS) is 27.6. The zero-order valence-corrected chi connectivity index (χ0v) is 11.8. The van der Waals surface area contributed by atoms with Crippen LogP contribution in [0.3, 0.4) is 0 Å². The number of rotatable bonds is 1. The Morgan fingerprint density at radius 3 is 2.83 bits per heavy atom. The minimum atomic E-state index is -0.429. The Morgan fingerprint density at radius 2 is 2.17 bits per heavy atom. The van der Waals surface area contributed by atoms with E-state index in [0.29, 0.717) is 5.92 Å². The minimum Gasteiger partial charge on any atom is -0.457 e. The van der Waals surface area contributed by atoms with E-state index in [1.807, 2.05) is 34.0 Å². The Kier molecular flexibility index (Phi) is 3.51. The molecule has 0 spiro atoms. The highest BCUT2D eigenvalue weighted by Gasteiger charge is 2.34. The van der Waals surface area contributed by atoms with Gasteiger partial charge in [0.15, 0.2) is 0 Å². The number of nitrogens with zero attached hydrogens (tertiary/aromatic N) is 1. The topological polar surface area (TPSA) is 29.5 Å². The van der Waals surface area contributed by atoms with Gasteiger partial charge in [-0.1, -0.05) is 12.2 Å². The molecule has 0 N–H and O–H groups in total. The number of fused-ring (bicyclic) bond motifs is 1. The lowest BCUT2D eigenvalue weighted by Crippen LogP contribution is -2.38. The predicted molar refractivity (Wildman–Crippen MR) is 71.9 cm³/mol. The average Bonchev–Trinajstić information content (AvgIpc) is 2.25. The van der Waals surface area contributed by atoms with Gasteiger partial charge in [0.25, 0.3) is 0 Å². The van der Waals surface area contributed by atoms with Gasteiger partial charge in [-0.25, -0.2) is 4.79 Å². The van der Waals surface area contributed by atoms with Crippen molar-refractivity contribution in [3.63, 3.8) is 0 Å². The van der Waals surface area contributed by atoms with Crippen molar-refractivity contribution in [2.75, 3.05) is 13.6 Å². The highest BCUT2D eigenvalue weighted by Crippen LogP contribution is 2.35. The predicted octanol–water partition coefficient (Wildman–Crippen LogP) is 2.74. The maximum Gasteiger partial charge on any atom is 0.336 e. The van der Waals surface area contributed by atoms with Crippen LogP contribution in [0.1, 0.15) is 33.6 Å². The summed E-state index contributed by atoms with van der Waals surface area (Å²) in [5, 5.41) is 0. The molecular weight excluding hydrogens is 226 g/mol. The molecule has 2 aliphatic rings. The molecule has 0 aromatic rings. The SMILES string of the molecule is CN1C=C(C(=O)OC(C)(C)C)[C@@H]2C=CCC[C@@H]2C1. The van der Waals surface area contributed by atoms with Crippen molar-refractivity contribution >= 4 is 5.97 Å². The van der Waals surface area contributed by atoms with Gasteiger partial charge < -0.3 is 9.64 Å². The summed E-state index contributed by atoms with van der Waals surface area (Å²) < 4.78 is 5.51. The number of hydrogen-bond acceptors (Lipinski definition) is 3. The lowest BCUT2D eigenvalue weighted by Gasteiger charge is -2.37. The Balaban J connectivity index is 2.21. The summed E-state index contributed by atoms with van der Waals surface area (Å²) in [5.74, 6) is 0.618. The van der Waals surface area contributed by atoms with Gasteiger partial charge in [0, 0.05) is 25.7 Å². The van der Waals surface area contributed by atoms with Crippen LogP contribution in [0.2, 0.25) is 0 Å². The van der Waals surface area contributed by atoms with E-state index in [0.717, 1.165) is 25.0 Å². The Labute approximate surface area is 109 Å². The summed E-state index contributed by atoms with van der Waals surface area (Å²) >= 11 is 0. The molecule has 2 rings (SSSR count). The van der Waals surface area contributed by atoms with Crippen molar-refractivity contribution in [2.24, 2.45) is 11.8 Å². The van der Waals surface area contributed by atoms with E-state index in [2.05, 4.69) is 17.1 Å². The molecule has 0 bridgehead atoms. The quantitative estimate of drug-likeness (QED) is 0.528. The van der Waals surface area contributed by atoms with Gasteiger partial charge in [0.05, 0.1) is 5.57 Å². The molecule has 0 aromatic heterocycles. The van der Waals surface area contributed by atoms with Crippen LogP contribution >= 0.6 is 0 Å². The lowest BCUT2D eigenvalue weighted by molar-refractivity contribution is -0.150. The van der Waals surface area contributed by atoms with Crippen molar-refractivity contribution in [1.29, 1.82) is 0 Å². The van der Waals surface area contributed by atoms with Crippen molar-refractivity contribution in [1.82, 2.24) is 4.90 Å². The molecule has 0 saturated heterocycles. The molecule has 1 aliphatic carbocycles. The smallest absolute Gasteiger partial charge is 0.336 e. The van der Waals surface area contributed by atoms with E-state index in [4.69, 9.17) is 4.74 Å². The summed E-state index contributed by atoms with van der Waals surface area (Å²) in [5.41, 5.74) is 0.376. The third-order valence-corrected chi connectivity index (χ3v) is 3.43. The third-order valence-electron chi connectivity index (χ3n) is 3.43. The monoisotopic (exact) mass is 249 g/mol. The molecule has 0 unspecified atom stereocenters. The van der Waals surface area contributed by atoms with Crippen LogP contribution in [0.15, 0.2) is 23.9 Å². The van der Waals surface area contributed by atoms with Gasteiger partial charge in [0.2, 0.25) is 0 Å². The van der Waals surface area contributed by atoms with Crippen LogP contribution < -0.4 is 0 Å². The van der Waals surface area contributed by atoms with Crippen molar-refractivity contribution in [3.8, 4) is 0 Å². The molecule has 1 heterocycles. The summed E-state index contributed by atoms with van der Waals surface area (Å²) in [4.78, 5) is 14.4.